The van der Waals surface area contributed by atoms with E-state index in [0.29, 0.717) is 13.1 Å². The first-order valence-corrected chi connectivity index (χ1v) is 11.3. The van der Waals surface area contributed by atoms with E-state index in [-0.39, 0.29) is 5.91 Å². The molecule has 1 aromatic heterocycles. The Bertz CT molecular complexity index is 1120. The number of aryl methyl sites for hydroxylation is 2. The van der Waals surface area contributed by atoms with Crippen LogP contribution in [0, 0.1) is 13.8 Å². The molecule has 6 heteroatoms. The molecule has 0 saturated carbocycles. The van der Waals surface area contributed by atoms with Crippen LogP contribution in [0.1, 0.15) is 28.2 Å². The third-order valence-electron chi connectivity index (χ3n) is 5.95. The highest BCUT2D eigenvalue weighted by Gasteiger charge is 2.24. The highest BCUT2D eigenvalue weighted by atomic mass is 16.5. The van der Waals surface area contributed by atoms with Crippen LogP contribution in [-0.4, -0.2) is 54.1 Å². The molecule has 0 atom stereocenters. The van der Waals surface area contributed by atoms with Crippen molar-refractivity contribution in [2.24, 2.45) is 0 Å². The summed E-state index contributed by atoms with van der Waals surface area (Å²) in [4.78, 5) is 26.3. The van der Waals surface area contributed by atoms with E-state index in [1.165, 1.54) is 5.56 Å². The lowest BCUT2D eigenvalue weighted by Gasteiger charge is -2.36. The minimum Gasteiger partial charge on any atom is -0.497 e. The van der Waals surface area contributed by atoms with Gasteiger partial charge in [-0.25, -0.2) is 9.97 Å². The molecule has 0 radical (unpaired) electrons. The second-order valence-corrected chi connectivity index (χ2v) is 8.24. The SMILES string of the molecule is COc1ccc(Cc2c(C)nc(C)nc2N2CCN(C(=O)C=Cc3ccccc3)CC2)cc1. The minimum atomic E-state index is 0.0482. The fourth-order valence-electron chi connectivity index (χ4n) is 4.11. The van der Waals surface area contributed by atoms with Crippen molar-refractivity contribution in [3.05, 3.63) is 88.9 Å². The lowest BCUT2D eigenvalue weighted by molar-refractivity contribution is -0.126. The molecule has 1 fully saturated rings. The Morgan fingerprint density at radius 2 is 1.67 bits per heavy atom. The molecule has 170 valence electrons. The van der Waals surface area contributed by atoms with Gasteiger partial charge in [0.25, 0.3) is 0 Å². The Morgan fingerprint density at radius 1 is 0.970 bits per heavy atom. The number of anilines is 1. The number of methoxy groups -OCH3 is 1. The van der Waals surface area contributed by atoms with Gasteiger partial charge in [-0.2, -0.15) is 0 Å². The summed E-state index contributed by atoms with van der Waals surface area (Å²) < 4.78 is 5.28. The standard InChI is InChI=1S/C27H30N4O2/c1-20-25(19-23-9-12-24(33-3)13-10-23)27(29-21(2)28-20)31-17-15-30(16-18-31)26(32)14-11-22-7-5-4-6-8-22/h4-14H,15-19H2,1-3H3. The number of hydrogen-bond donors (Lipinski definition) is 0. The molecule has 4 rings (SSSR count). The van der Waals surface area contributed by atoms with Crippen LogP contribution in [-0.2, 0) is 11.2 Å². The summed E-state index contributed by atoms with van der Waals surface area (Å²) in [5.41, 5.74) is 4.35. The van der Waals surface area contributed by atoms with E-state index in [2.05, 4.69) is 22.0 Å². The summed E-state index contributed by atoms with van der Waals surface area (Å²) in [5, 5.41) is 0. The molecule has 0 aliphatic carbocycles. The number of carbonyl (C=O) groups is 1. The normalized spacial score (nSPS) is 14.0. The quantitative estimate of drug-likeness (QED) is 0.539. The van der Waals surface area contributed by atoms with Gasteiger partial charge in [0.1, 0.15) is 17.4 Å². The molecule has 1 aliphatic heterocycles. The Hall–Kier alpha value is -3.67. The number of carbonyl (C=O) groups excluding carboxylic acids is 1. The summed E-state index contributed by atoms with van der Waals surface area (Å²) in [5.74, 6) is 2.64. The van der Waals surface area contributed by atoms with Crippen LogP contribution in [0.5, 0.6) is 5.75 Å². The zero-order valence-electron chi connectivity index (χ0n) is 19.5. The molecule has 1 aliphatic rings. The summed E-state index contributed by atoms with van der Waals surface area (Å²) in [6.07, 6.45) is 4.29. The Kier molecular flexibility index (Phi) is 7.03. The highest BCUT2D eigenvalue weighted by molar-refractivity contribution is 5.92. The van der Waals surface area contributed by atoms with Gasteiger partial charge in [0.05, 0.1) is 7.11 Å². The number of hydrogen-bond acceptors (Lipinski definition) is 5. The first-order chi connectivity index (χ1) is 16.0. The number of benzene rings is 2. The Labute approximate surface area is 195 Å². The average molecular weight is 443 g/mol. The number of nitrogens with zero attached hydrogens (tertiary/aromatic N) is 4. The third-order valence-corrected chi connectivity index (χ3v) is 5.95. The molecule has 2 aromatic carbocycles. The Balaban J connectivity index is 1.46. The first kappa shape index (κ1) is 22.5. The van der Waals surface area contributed by atoms with Crippen LogP contribution in [0.4, 0.5) is 5.82 Å². The summed E-state index contributed by atoms with van der Waals surface area (Å²) in [7, 11) is 1.67. The maximum absolute atomic E-state index is 12.7. The van der Waals surface area contributed by atoms with Gasteiger partial charge in [0.2, 0.25) is 5.91 Å². The summed E-state index contributed by atoms with van der Waals surface area (Å²) in [6, 6.07) is 18.0. The van der Waals surface area contributed by atoms with Crippen LogP contribution in [0.3, 0.4) is 0 Å². The first-order valence-electron chi connectivity index (χ1n) is 11.3. The fraction of sp³-hybridized carbons (Fsp3) is 0.296. The average Bonchev–Trinajstić information content (AvgIpc) is 2.85. The molecule has 1 amide bonds. The van der Waals surface area contributed by atoms with E-state index in [1.807, 2.05) is 67.3 Å². The van der Waals surface area contributed by atoms with E-state index in [4.69, 9.17) is 9.72 Å². The number of amides is 1. The van der Waals surface area contributed by atoms with Gasteiger partial charge in [0.15, 0.2) is 0 Å². The van der Waals surface area contributed by atoms with E-state index in [0.717, 1.165) is 53.7 Å². The van der Waals surface area contributed by atoms with Crippen LogP contribution in [0.25, 0.3) is 6.08 Å². The lowest BCUT2D eigenvalue weighted by atomic mass is 10.0. The number of aromatic nitrogens is 2. The Morgan fingerprint density at radius 3 is 2.33 bits per heavy atom. The van der Waals surface area contributed by atoms with Crippen molar-refractivity contribution < 1.29 is 9.53 Å². The maximum atomic E-state index is 12.7. The van der Waals surface area contributed by atoms with Gasteiger partial charge in [-0.15, -0.1) is 0 Å². The predicted octanol–water partition coefficient (Wildman–Crippen LogP) is 4.05. The molecular weight excluding hydrogens is 412 g/mol. The van der Waals surface area contributed by atoms with E-state index >= 15 is 0 Å². The van der Waals surface area contributed by atoms with Gasteiger partial charge in [0, 0.05) is 49.9 Å². The van der Waals surface area contributed by atoms with Gasteiger partial charge in [-0.1, -0.05) is 42.5 Å². The molecule has 3 aromatic rings. The van der Waals surface area contributed by atoms with Crippen molar-refractivity contribution in [3.8, 4) is 5.75 Å². The molecule has 0 bridgehead atoms. The van der Waals surface area contributed by atoms with Crippen molar-refractivity contribution >= 4 is 17.8 Å². The molecule has 0 N–H and O–H groups in total. The molecule has 0 spiro atoms. The van der Waals surface area contributed by atoms with Crippen molar-refractivity contribution in [1.82, 2.24) is 14.9 Å². The van der Waals surface area contributed by atoms with Crippen molar-refractivity contribution in [3.63, 3.8) is 0 Å². The zero-order chi connectivity index (χ0) is 23.2. The molecular formula is C27H30N4O2. The third kappa shape index (κ3) is 5.58. The molecule has 2 heterocycles. The molecule has 6 nitrogen and oxygen atoms in total. The maximum Gasteiger partial charge on any atom is 0.246 e. The molecule has 1 saturated heterocycles. The number of piperazine rings is 1. The van der Waals surface area contributed by atoms with E-state index < -0.39 is 0 Å². The predicted molar refractivity (Wildman–Crippen MR) is 132 cm³/mol. The number of ether oxygens (including phenoxy) is 1. The van der Waals surface area contributed by atoms with Crippen LogP contribution < -0.4 is 9.64 Å². The monoisotopic (exact) mass is 442 g/mol. The van der Waals surface area contributed by atoms with Crippen LogP contribution >= 0.6 is 0 Å². The lowest BCUT2D eigenvalue weighted by Crippen LogP contribution is -2.49. The smallest absolute Gasteiger partial charge is 0.246 e. The largest absolute Gasteiger partial charge is 0.497 e. The van der Waals surface area contributed by atoms with Crippen LogP contribution in [0.15, 0.2) is 60.7 Å². The van der Waals surface area contributed by atoms with Crippen LogP contribution in [0.2, 0.25) is 0 Å². The summed E-state index contributed by atoms with van der Waals surface area (Å²) >= 11 is 0. The van der Waals surface area contributed by atoms with E-state index in [1.54, 1.807) is 13.2 Å². The number of rotatable bonds is 6. The van der Waals surface area contributed by atoms with Crippen molar-refractivity contribution in [2.75, 3.05) is 38.2 Å². The molecule has 0 unspecified atom stereocenters. The second-order valence-electron chi connectivity index (χ2n) is 8.24. The minimum absolute atomic E-state index is 0.0482. The highest BCUT2D eigenvalue weighted by Crippen LogP contribution is 2.26. The van der Waals surface area contributed by atoms with Crippen molar-refractivity contribution in [1.29, 1.82) is 0 Å². The fourth-order valence-corrected chi connectivity index (χ4v) is 4.11. The van der Waals surface area contributed by atoms with Gasteiger partial charge in [-0.3, -0.25) is 4.79 Å². The van der Waals surface area contributed by atoms with Gasteiger partial charge < -0.3 is 14.5 Å². The van der Waals surface area contributed by atoms with E-state index in [9.17, 15) is 4.79 Å². The van der Waals surface area contributed by atoms with Crippen molar-refractivity contribution in [2.45, 2.75) is 20.3 Å². The second kappa shape index (κ2) is 10.3. The zero-order valence-corrected chi connectivity index (χ0v) is 19.5. The van der Waals surface area contributed by atoms with Gasteiger partial charge in [-0.05, 0) is 43.2 Å². The van der Waals surface area contributed by atoms with Gasteiger partial charge >= 0.3 is 0 Å². The topological polar surface area (TPSA) is 58.6 Å². The summed E-state index contributed by atoms with van der Waals surface area (Å²) in [6.45, 7) is 6.81. The molecule has 33 heavy (non-hydrogen) atoms.